The summed E-state index contributed by atoms with van der Waals surface area (Å²) in [6.45, 7) is 8.23. The van der Waals surface area contributed by atoms with Gasteiger partial charge >= 0.3 is 0 Å². The highest BCUT2D eigenvalue weighted by Gasteiger charge is 1.90. The molecule has 0 fully saturated rings. The summed E-state index contributed by atoms with van der Waals surface area (Å²) in [6, 6.07) is 0. The Bertz CT molecular complexity index is 152. The lowest BCUT2D eigenvalue weighted by Crippen LogP contribution is -2.02. The zero-order valence-electron chi connectivity index (χ0n) is 8.59. The van der Waals surface area contributed by atoms with Crippen molar-refractivity contribution >= 4 is 0 Å². The van der Waals surface area contributed by atoms with E-state index in [0.29, 0.717) is 0 Å². The molecule has 2 heteroatoms. The Labute approximate surface area is 81.5 Å². The Morgan fingerprint density at radius 2 is 2.15 bits per heavy atom. The summed E-state index contributed by atoms with van der Waals surface area (Å²) in [7, 11) is 0. The van der Waals surface area contributed by atoms with Crippen molar-refractivity contribution in [1.82, 2.24) is 0 Å². The fraction of sp³-hybridized carbons (Fsp3) is 0.636. The third-order valence-electron chi connectivity index (χ3n) is 1.71. The maximum Gasteiger partial charge on any atom is 0.0506 e. The summed E-state index contributed by atoms with van der Waals surface area (Å²) in [5, 5.41) is 0. The number of hydrogen-bond acceptors (Lipinski definition) is 2. The van der Waals surface area contributed by atoms with Gasteiger partial charge in [0.2, 0.25) is 0 Å². The molecule has 0 unspecified atom stereocenters. The van der Waals surface area contributed by atoms with Gasteiger partial charge in [-0.1, -0.05) is 24.3 Å². The van der Waals surface area contributed by atoms with Crippen LogP contribution in [0.1, 0.15) is 26.2 Å². The first-order valence-electron chi connectivity index (χ1n) is 4.89. The Kier molecular flexibility index (Phi) is 9.05. The van der Waals surface area contributed by atoms with Crippen LogP contribution < -0.4 is 5.73 Å². The van der Waals surface area contributed by atoms with Gasteiger partial charge in [0.25, 0.3) is 0 Å². The molecule has 0 aromatic heterocycles. The second-order valence-corrected chi connectivity index (χ2v) is 3.02. The summed E-state index contributed by atoms with van der Waals surface area (Å²) in [5.41, 5.74) is 6.48. The van der Waals surface area contributed by atoms with Gasteiger partial charge in [0.1, 0.15) is 0 Å². The minimum atomic E-state index is 0.759. The largest absolute Gasteiger partial charge is 0.381 e. The molecule has 0 atom stereocenters. The van der Waals surface area contributed by atoms with Crippen LogP contribution in [0.15, 0.2) is 24.3 Å². The topological polar surface area (TPSA) is 35.2 Å². The minimum Gasteiger partial charge on any atom is -0.381 e. The number of ether oxygens (including phenoxy) is 1. The molecule has 0 aliphatic rings. The van der Waals surface area contributed by atoms with Crippen molar-refractivity contribution in [2.45, 2.75) is 26.2 Å². The number of nitrogens with two attached hydrogens (primary N) is 1. The first-order valence-corrected chi connectivity index (χ1v) is 4.89. The van der Waals surface area contributed by atoms with E-state index >= 15 is 0 Å². The van der Waals surface area contributed by atoms with Gasteiger partial charge in [-0.25, -0.2) is 0 Å². The molecule has 0 amide bonds. The van der Waals surface area contributed by atoms with Crippen LogP contribution in [-0.2, 0) is 4.74 Å². The normalized spacial score (nSPS) is 10.9. The molecule has 0 radical (unpaired) electrons. The van der Waals surface area contributed by atoms with Gasteiger partial charge in [-0.2, -0.15) is 0 Å². The van der Waals surface area contributed by atoms with E-state index in [1.807, 2.05) is 19.1 Å². The molecule has 0 bridgehead atoms. The zero-order chi connectivity index (χ0) is 9.94. The van der Waals surface area contributed by atoms with Crippen LogP contribution >= 0.6 is 0 Å². The Balaban J connectivity index is 3.11. The molecule has 0 rings (SSSR count). The molecule has 76 valence electrons. The Hall–Kier alpha value is -0.600. The van der Waals surface area contributed by atoms with E-state index in [1.165, 1.54) is 0 Å². The molecule has 0 heterocycles. The van der Waals surface area contributed by atoms with E-state index in [4.69, 9.17) is 10.5 Å². The van der Waals surface area contributed by atoms with Crippen molar-refractivity contribution in [3.63, 3.8) is 0 Å². The smallest absolute Gasteiger partial charge is 0.0506 e. The molecule has 0 saturated carbocycles. The second-order valence-electron chi connectivity index (χ2n) is 3.02. The summed E-state index contributed by atoms with van der Waals surface area (Å²) in [4.78, 5) is 0. The van der Waals surface area contributed by atoms with E-state index in [9.17, 15) is 0 Å². The Morgan fingerprint density at radius 1 is 1.38 bits per heavy atom. The monoisotopic (exact) mass is 183 g/mol. The SMILES string of the molecule is C=C(/C=C\C)CCOCCCCN. The zero-order valence-corrected chi connectivity index (χ0v) is 8.59. The Morgan fingerprint density at radius 3 is 2.77 bits per heavy atom. The van der Waals surface area contributed by atoms with Crippen LogP contribution in [0, 0.1) is 0 Å². The van der Waals surface area contributed by atoms with Crippen molar-refractivity contribution in [1.29, 1.82) is 0 Å². The second kappa shape index (κ2) is 9.49. The predicted molar refractivity (Wildman–Crippen MR) is 57.7 cm³/mol. The number of hydrogen-bond donors (Lipinski definition) is 1. The van der Waals surface area contributed by atoms with Crippen molar-refractivity contribution < 1.29 is 4.74 Å². The van der Waals surface area contributed by atoms with Gasteiger partial charge in [0.05, 0.1) is 6.61 Å². The fourth-order valence-corrected chi connectivity index (χ4v) is 0.973. The number of unbranched alkanes of at least 4 members (excludes halogenated alkanes) is 1. The predicted octanol–water partition coefficient (Wildman–Crippen LogP) is 2.26. The molecule has 0 aliphatic heterocycles. The van der Waals surface area contributed by atoms with E-state index < -0.39 is 0 Å². The van der Waals surface area contributed by atoms with Crippen molar-refractivity contribution in [2.24, 2.45) is 5.73 Å². The fourth-order valence-electron chi connectivity index (χ4n) is 0.973. The molecule has 0 saturated heterocycles. The lowest BCUT2D eigenvalue weighted by atomic mass is 10.2. The van der Waals surface area contributed by atoms with E-state index in [2.05, 4.69) is 6.58 Å². The summed E-state index contributed by atoms with van der Waals surface area (Å²) in [5.74, 6) is 0. The summed E-state index contributed by atoms with van der Waals surface area (Å²) >= 11 is 0. The molecular weight excluding hydrogens is 162 g/mol. The molecular formula is C11H21NO. The standard InChI is InChI=1S/C11H21NO/c1-3-6-11(2)7-10-13-9-5-4-8-12/h3,6H,2,4-5,7-10,12H2,1H3/b6-3-. The van der Waals surface area contributed by atoms with E-state index in [-0.39, 0.29) is 0 Å². The van der Waals surface area contributed by atoms with Gasteiger partial charge in [-0.3, -0.25) is 0 Å². The number of allylic oxidation sites excluding steroid dienone is 2. The summed E-state index contributed by atoms with van der Waals surface area (Å²) < 4.78 is 5.40. The summed E-state index contributed by atoms with van der Waals surface area (Å²) in [6.07, 6.45) is 7.05. The van der Waals surface area contributed by atoms with E-state index in [0.717, 1.165) is 44.6 Å². The minimum absolute atomic E-state index is 0.759. The molecule has 2 N–H and O–H groups in total. The third kappa shape index (κ3) is 9.31. The van der Waals surface area contributed by atoms with Crippen LogP contribution in [0.25, 0.3) is 0 Å². The van der Waals surface area contributed by atoms with Crippen LogP contribution in [0.5, 0.6) is 0 Å². The lowest BCUT2D eigenvalue weighted by Gasteiger charge is -2.03. The highest BCUT2D eigenvalue weighted by Crippen LogP contribution is 2.00. The maximum atomic E-state index is 5.40. The average Bonchev–Trinajstić information content (AvgIpc) is 2.11. The van der Waals surface area contributed by atoms with Gasteiger partial charge in [0.15, 0.2) is 0 Å². The quantitative estimate of drug-likeness (QED) is 0.463. The first kappa shape index (κ1) is 12.4. The molecule has 0 aliphatic carbocycles. The third-order valence-corrected chi connectivity index (χ3v) is 1.71. The van der Waals surface area contributed by atoms with Crippen molar-refractivity contribution in [3.8, 4) is 0 Å². The molecule has 2 nitrogen and oxygen atoms in total. The number of rotatable bonds is 8. The van der Waals surface area contributed by atoms with Crippen molar-refractivity contribution in [2.75, 3.05) is 19.8 Å². The van der Waals surface area contributed by atoms with Crippen LogP contribution in [0.2, 0.25) is 0 Å². The molecule has 0 aromatic rings. The first-order chi connectivity index (χ1) is 6.31. The van der Waals surface area contributed by atoms with Crippen LogP contribution in [0.4, 0.5) is 0 Å². The molecule has 0 aromatic carbocycles. The average molecular weight is 183 g/mol. The van der Waals surface area contributed by atoms with Gasteiger partial charge in [-0.05, 0) is 32.7 Å². The van der Waals surface area contributed by atoms with Gasteiger partial charge in [0, 0.05) is 6.61 Å². The van der Waals surface area contributed by atoms with Crippen LogP contribution in [-0.4, -0.2) is 19.8 Å². The highest BCUT2D eigenvalue weighted by atomic mass is 16.5. The van der Waals surface area contributed by atoms with E-state index in [1.54, 1.807) is 0 Å². The van der Waals surface area contributed by atoms with Crippen LogP contribution in [0.3, 0.4) is 0 Å². The molecule has 0 spiro atoms. The maximum absolute atomic E-state index is 5.40. The molecule has 13 heavy (non-hydrogen) atoms. The van der Waals surface area contributed by atoms with Gasteiger partial charge in [-0.15, -0.1) is 0 Å². The van der Waals surface area contributed by atoms with Crippen molar-refractivity contribution in [3.05, 3.63) is 24.3 Å². The van der Waals surface area contributed by atoms with Gasteiger partial charge < -0.3 is 10.5 Å². The highest BCUT2D eigenvalue weighted by molar-refractivity contribution is 5.13. The lowest BCUT2D eigenvalue weighted by molar-refractivity contribution is 0.134.